The quantitative estimate of drug-likeness (QED) is 0.820. The first-order chi connectivity index (χ1) is 10.2. The molecule has 0 radical (unpaired) electrons. The lowest BCUT2D eigenvalue weighted by molar-refractivity contribution is -0.0363. The Morgan fingerprint density at radius 3 is 2.52 bits per heavy atom. The minimum atomic E-state index is 0.0812. The lowest BCUT2D eigenvalue weighted by Gasteiger charge is -2.31. The van der Waals surface area contributed by atoms with Crippen molar-refractivity contribution in [1.29, 1.82) is 0 Å². The smallest absolute Gasteiger partial charge is 0.0967 e. The van der Waals surface area contributed by atoms with E-state index in [-0.39, 0.29) is 6.10 Å². The van der Waals surface area contributed by atoms with Crippen LogP contribution in [0.1, 0.15) is 57.1 Å². The monoisotopic (exact) mass is 307 g/mol. The Morgan fingerprint density at radius 2 is 1.86 bits per heavy atom. The Morgan fingerprint density at radius 1 is 1.14 bits per heavy atom. The van der Waals surface area contributed by atoms with Crippen LogP contribution in [0.4, 0.5) is 0 Å². The summed E-state index contributed by atoms with van der Waals surface area (Å²) in [5, 5.41) is 4.42. The van der Waals surface area contributed by atoms with Crippen LogP contribution in [-0.2, 0) is 4.74 Å². The molecule has 2 aliphatic carbocycles. The summed E-state index contributed by atoms with van der Waals surface area (Å²) in [5.74, 6) is 0.855. The van der Waals surface area contributed by atoms with Crippen LogP contribution in [-0.4, -0.2) is 18.7 Å². The van der Waals surface area contributed by atoms with Gasteiger partial charge in [-0.1, -0.05) is 36.7 Å². The van der Waals surface area contributed by atoms with E-state index < -0.39 is 0 Å². The summed E-state index contributed by atoms with van der Waals surface area (Å²) < 4.78 is 6.44. The zero-order chi connectivity index (χ0) is 14.7. The molecular weight excluding hydrogens is 282 g/mol. The van der Waals surface area contributed by atoms with Gasteiger partial charge in [0.2, 0.25) is 0 Å². The van der Waals surface area contributed by atoms with Crippen LogP contribution in [0.5, 0.6) is 0 Å². The minimum absolute atomic E-state index is 0.0812. The molecule has 0 bridgehead atoms. The summed E-state index contributed by atoms with van der Waals surface area (Å²) in [6.07, 6.45) is 8.02. The second kappa shape index (κ2) is 7.13. The van der Waals surface area contributed by atoms with Crippen molar-refractivity contribution in [3.63, 3.8) is 0 Å². The summed E-state index contributed by atoms with van der Waals surface area (Å²) in [7, 11) is 0. The molecule has 3 heteroatoms. The molecule has 0 aromatic heterocycles. The first-order valence-corrected chi connectivity index (χ1v) is 8.73. The van der Waals surface area contributed by atoms with Crippen molar-refractivity contribution in [2.24, 2.45) is 5.92 Å². The van der Waals surface area contributed by atoms with Crippen LogP contribution < -0.4 is 5.32 Å². The molecule has 1 aromatic rings. The first kappa shape index (κ1) is 15.3. The average Bonchev–Trinajstić information content (AvgIpc) is 3.30. The van der Waals surface area contributed by atoms with E-state index in [1.807, 2.05) is 12.1 Å². The van der Waals surface area contributed by atoms with Crippen molar-refractivity contribution < 1.29 is 4.74 Å². The number of halogens is 1. The number of hydrogen-bond donors (Lipinski definition) is 1. The summed E-state index contributed by atoms with van der Waals surface area (Å²) >= 11 is 6.38. The van der Waals surface area contributed by atoms with Crippen LogP contribution in [0.3, 0.4) is 0 Å². The molecule has 0 spiro atoms. The highest BCUT2D eigenvalue weighted by molar-refractivity contribution is 6.31. The lowest BCUT2D eigenvalue weighted by atomic mass is 9.89. The first-order valence-electron chi connectivity index (χ1n) is 8.35. The second-order valence-corrected chi connectivity index (χ2v) is 7.12. The van der Waals surface area contributed by atoms with Crippen LogP contribution >= 0.6 is 11.6 Å². The van der Waals surface area contributed by atoms with Gasteiger partial charge in [-0.15, -0.1) is 0 Å². The molecule has 21 heavy (non-hydrogen) atoms. The molecule has 1 unspecified atom stereocenters. The molecule has 2 nitrogen and oxygen atoms in total. The van der Waals surface area contributed by atoms with E-state index in [0.29, 0.717) is 12.1 Å². The largest absolute Gasteiger partial charge is 0.369 e. The number of hydrogen-bond acceptors (Lipinski definition) is 2. The molecule has 2 fully saturated rings. The van der Waals surface area contributed by atoms with E-state index in [4.69, 9.17) is 16.3 Å². The van der Waals surface area contributed by atoms with Crippen molar-refractivity contribution in [1.82, 2.24) is 5.32 Å². The van der Waals surface area contributed by atoms with Crippen LogP contribution in [0.2, 0.25) is 5.02 Å². The van der Waals surface area contributed by atoms with Gasteiger partial charge >= 0.3 is 0 Å². The van der Waals surface area contributed by atoms with E-state index in [1.165, 1.54) is 38.5 Å². The van der Waals surface area contributed by atoms with Gasteiger partial charge in [-0.2, -0.15) is 0 Å². The Balaban J connectivity index is 1.64. The van der Waals surface area contributed by atoms with E-state index in [0.717, 1.165) is 23.0 Å². The van der Waals surface area contributed by atoms with E-state index in [1.54, 1.807) is 0 Å². The zero-order valence-corrected chi connectivity index (χ0v) is 13.6. The standard InChI is InChI=1S/C18H26ClNO/c1-13-6-10-15(11-7-13)21-18(12-20-14-8-9-14)16-4-2-3-5-17(16)19/h2-5,13-15,18,20H,6-12H2,1H3. The third-order valence-electron chi connectivity index (χ3n) is 4.74. The Labute approximate surface area is 133 Å². The van der Waals surface area contributed by atoms with Gasteiger partial charge in [-0.25, -0.2) is 0 Å². The predicted molar refractivity (Wildman–Crippen MR) is 87.7 cm³/mol. The third kappa shape index (κ3) is 4.45. The van der Waals surface area contributed by atoms with Gasteiger partial charge in [0.25, 0.3) is 0 Å². The van der Waals surface area contributed by atoms with Gasteiger partial charge in [-0.05, 0) is 50.5 Å². The Hall–Kier alpha value is -0.570. The molecule has 1 N–H and O–H groups in total. The average molecular weight is 308 g/mol. The highest BCUT2D eigenvalue weighted by atomic mass is 35.5. The Bertz CT molecular complexity index is 452. The molecule has 116 valence electrons. The van der Waals surface area contributed by atoms with Crippen molar-refractivity contribution in [3.8, 4) is 0 Å². The van der Waals surface area contributed by atoms with Gasteiger partial charge in [0.15, 0.2) is 0 Å². The number of rotatable bonds is 6. The van der Waals surface area contributed by atoms with Gasteiger partial charge in [0.05, 0.1) is 12.2 Å². The molecular formula is C18H26ClNO. The van der Waals surface area contributed by atoms with Crippen molar-refractivity contribution >= 4 is 11.6 Å². The van der Waals surface area contributed by atoms with Gasteiger partial charge < -0.3 is 10.1 Å². The highest BCUT2D eigenvalue weighted by Crippen LogP contribution is 2.32. The molecule has 0 aliphatic heterocycles. The fourth-order valence-electron chi connectivity index (χ4n) is 3.13. The minimum Gasteiger partial charge on any atom is -0.369 e. The summed E-state index contributed by atoms with van der Waals surface area (Å²) in [4.78, 5) is 0. The highest BCUT2D eigenvalue weighted by Gasteiger charge is 2.27. The summed E-state index contributed by atoms with van der Waals surface area (Å²) in [6.45, 7) is 3.22. The van der Waals surface area contributed by atoms with Crippen LogP contribution in [0.15, 0.2) is 24.3 Å². The van der Waals surface area contributed by atoms with Crippen molar-refractivity contribution in [3.05, 3.63) is 34.9 Å². The van der Waals surface area contributed by atoms with Gasteiger partial charge in [0.1, 0.15) is 0 Å². The number of ether oxygens (including phenoxy) is 1. The fraction of sp³-hybridized carbons (Fsp3) is 0.667. The fourth-order valence-corrected chi connectivity index (χ4v) is 3.38. The maximum Gasteiger partial charge on any atom is 0.0967 e. The molecule has 0 saturated heterocycles. The molecule has 3 rings (SSSR count). The van der Waals surface area contributed by atoms with Crippen molar-refractivity contribution in [2.45, 2.75) is 63.7 Å². The number of benzene rings is 1. The molecule has 2 aliphatic rings. The maximum atomic E-state index is 6.44. The topological polar surface area (TPSA) is 21.3 Å². The number of nitrogens with one attached hydrogen (secondary N) is 1. The maximum absolute atomic E-state index is 6.44. The SMILES string of the molecule is CC1CCC(OC(CNC2CC2)c2ccccc2Cl)CC1. The van der Waals surface area contributed by atoms with E-state index >= 15 is 0 Å². The van der Waals surface area contributed by atoms with E-state index in [2.05, 4.69) is 24.4 Å². The molecule has 1 atom stereocenters. The predicted octanol–water partition coefficient (Wildman–Crippen LogP) is 4.73. The lowest BCUT2D eigenvalue weighted by Crippen LogP contribution is -2.30. The summed E-state index contributed by atoms with van der Waals surface area (Å²) in [6, 6.07) is 8.81. The van der Waals surface area contributed by atoms with Gasteiger partial charge in [0, 0.05) is 23.2 Å². The van der Waals surface area contributed by atoms with E-state index in [9.17, 15) is 0 Å². The van der Waals surface area contributed by atoms with Crippen molar-refractivity contribution in [2.75, 3.05) is 6.54 Å². The molecule has 1 aromatic carbocycles. The molecule has 0 amide bonds. The Kier molecular flexibility index (Phi) is 5.20. The normalized spacial score (nSPS) is 27.5. The van der Waals surface area contributed by atoms with Gasteiger partial charge in [-0.3, -0.25) is 0 Å². The molecule has 2 saturated carbocycles. The zero-order valence-electron chi connectivity index (χ0n) is 12.9. The van der Waals surface area contributed by atoms with Crippen LogP contribution in [0, 0.1) is 5.92 Å². The van der Waals surface area contributed by atoms with Crippen LogP contribution in [0.25, 0.3) is 0 Å². The second-order valence-electron chi connectivity index (χ2n) is 6.71. The third-order valence-corrected chi connectivity index (χ3v) is 5.09. The summed E-state index contributed by atoms with van der Waals surface area (Å²) in [5.41, 5.74) is 1.13. The molecule has 0 heterocycles.